The summed E-state index contributed by atoms with van der Waals surface area (Å²) in [5.74, 6) is 0.174. The van der Waals surface area contributed by atoms with Gasteiger partial charge in [0.25, 0.3) is 0 Å². The maximum Gasteiger partial charge on any atom is 0.237 e. The van der Waals surface area contributed by atoms with Crippen molar-refractivity contribution in [1.82, 2.24) is 24.9 Å². The van der Waals surface area contributed by atoms with E-state index in [9.17, 15) is 4.79 Å². The number of aliphatic hydroxyl groups is 1. The number of nitrogens with zero attached hydrogens (tertiary/aromatic N) is 4. The number of carbonyl (C=O) groups excluding carboxylic acids is 1. The minimum atomic E-state index is -0.0430. The molecular weight excluding hydrogens is 318 g/mol. The van der Waals surface area contributed by atoms with E-state index in [1.165, 1.54) is 5.56 Å². The average molecular weight is 349 g/mol. The van der Waals surface area contributed by atoms with Gasteiger partial charge in [-0.1, -0.05) is 0 Å². The molecule has 0 radical (unpaired) electrons. The number of aliphatic hydroxyl groups excluding tert-OH is 1. The fourth-order valence-corrected chi connectivity index (χ4v) is 3.52. The summed E-state index contributed by atoms with van der Waals surface area (Å²) in [5.41, 5.74) is 3.46. The highest BCUT2D eigenvalue weighted by molar-refractivity contribution is 5.81. The lowest BCUT2D eigenvalue weighted by Gasteiger charge is -2.37. The Morgan fingerprint density at radius 2 is 1.96 bits per heavy atom. The third-order valence-corrected chi connectivity index (χ3v) is 5.48. The Hall–Kier alpha value is -1.44. The van der Waals surface area contributed by atoms with Crippen molar-refractivity contribution in [3.8, 4) is 0 Å². The monoisotopic (exact) mass is 349 g/mol. The number of hydrogen-bond donors (Lipinski definition) is 2. The Morgan fingerprint density at radius 1 is 1.28 bits per heavy atom. The van der Waals surface area contributed by atoms with E-state index in [4.69, 9.17) is 5.11 Å². The largest absolute Gasteiger partial charge is 0.394 e. The van der Waals surface area contributed by atoms with E-state index in [0.29, 0.717) is 12.6 Å². The highest BCUT2D eigenvalue weighted by atomic mass is 16.3. The zero-order valence-corrected chi connectivity index (χ0v) is 15.7. The van der Waals surface area contributed by atoms with Crippen LogP contribution < -0.4 is 5.32 Å². The molecule has 1 aromatic rings. The van der Waals surface area contributed by atoms with E-state index >= 15 is 0 Å². The third kappa shape index (κ3) is 4.40. The lowest BCUT2D eigenvalue weighted by Crippen LogP contribution is -2.53. The van der Waals surface area contributed by atoms with Crippen molar-refractivity contribution in [3.63, 3.8) is 0 Å². The van der Waals surface area contributed by atoms with Gasteiger partial charge in [0.15, 0.2) is 0 Å². The standard InChI is InChI=1S/C18H31N5O2/c1-13-17(14(2)23(20-13)10-11-24)12-21-6-8-22(9-7-21)15(3)18(25)19-16-4-5-16/h15-16,24H,4-12H2,1-3H3,(H,19,25). The topological polar surface area (TPSA) is 73.6 Å². The molecule has 25 heavy (non-hydrogen) atoms. The summed E-state index contributed by atoms with van der Waals surface area (Å²) >= 11 is 0. The molecule has 2 aliphatic rings. The van der Waals surface area contributed by atoms with Crippen molar-refractivity contribution in [1.29, 1.82) is 0 Å². The molecule has 1 saturated carbocycles. The molecule has 1 amide bonds. The second-order valence-corrected chi connectivity index (χ2v) is 7.37. The molecule has 2 fully saturated rings. The maximum absolute atomic E-state index is 12.2. The normalized spacial score (nSPS) is 20.6. The summed E-state index contributed by atoms with van der Waals surface area (Å²) < 4.78 is 1.89. The van der Waals surface area contributed by atoms with Crippen molar-refractivity contribution in [2.45, 2.75) is 58.8 Å². The predicted octanol–water partition coefficient (Wildman–Crippen LogP) is 0.277. The highest BCUT2D eigenvalue weighted by Crippen LogP contribution is 2.20. The lowest BCUT2D eigenvalue weighted by molar-refractivity contribution is -0.126. The summed E-state index contributed by atoms with van der Waals surface area (Å²) in [7, 11) is 0. The van der Waals surface area contributed by atoms with Gasteiger partial charge in [-0.05, 0) is 33.6 Å². The molecule has 1 aliphatic heterocycles. The van der Waals surface area contributed by atoms with Gasteiger partial charge in [-0.15, -0.1) is 0 Å². The fourth-order valence-electron chi connectivity index (χ4n) is 3.52. The summed E-state index contributed by atoms with van der Waals surface area (Å²) in [4.78, 5) is 16.9. The first-order valence-corrected chi connectivity index (χ1v) is 9.40. The van der Waals surface area contributed by atoms with Crippen LogP contribution in [0.25, 0.3) is 0 Å². The van der Waals surface area contributed by atoms with E-state index in [-0.39, 0.29) is 18.6 Å². The van der Waals surface area contributed by atoms with Crippen molar-refractivity contribution in [3.05, 3.63) is 17.0 Å². The van der Waals surface area contributed by atoms with Crippen LogP contribution in [0.2, 0.25) is 0 Å². The van der Waals surface area contributed by atoms with Gasteiger partial charge < -0.3 is 10.4 Å². The van der Waals surface area contributed by atoms with Crippen LogP contribution in [0, 0.1) is 13.8 Å². The van der Waals surface area contributed by atoms with Gasteiger partial charge in [0, 0.05) is 50.0 Å². The quantitative estimate of drug-likeness (QED) is 0.740. The van der Waals surface area contributed by atoms with Crippen LogP contribution in [0.3, 0.4) is 0 Å². The number of rotatable bonds is 7. The fraction of sp³-hybridized carbons (Fsp3) is 0.778. The molecule has 1 aliphatic carbocycles. The maximum atomic E-state index is 12.2. The van der Waals surface area contributed by atoms with Crippen LogP contribution in [0.5, 0.6) is 0 Å². The van der Waals surface area contributed by atoms with E-state index in [2.05, 4.69) is 27.1 Å². The van der Waals surface area contributed by atoms with Crippen molar-refractivity contribution >= 4 is 5.91 Å². The van der Waals surface area contributed by atoms with E-state index in [1.807, 2.05) is 18.5 Å². The van der Waals surface area contributed by atoms with E-state index in [1.54, 1.807) is 0 Å². The number of piperazine rings is 1. The molecule has 3 rings (SSSR count). The Labute approximate surface area is 150 Å². The van der Waals surface area contributed by atoms with E-state index in [0.717, 1.165) is 57.0 Å². The SMILES string of the molecule is Cc1nn(CCO)c(C)c1CN1CCN(C(C)C(=O)NC2CC2)CC1. The molecule has 1 aromatic heterocycles. The zero-order valence-electron chi connectivity index (χ0n) is 15.7. The zero-order chi connectivity index (χ0) is 18.0. The van der Waals surface area contributed by atoms with Crippen LogP contribution in [0.15, 0.2) is 0 Å². The second-order valence-electron chi connectivity index (χ2n) is 7.37. The summed E-state index contributed by atoms with van der Waals surface area (Å²) in [5, 5.41) is 16.8. The first-order chi connectivity index (χ1) is 12.0. The number of hydrogen-bond acceptors (Lipinski definition) is 5. The summed E-state index contributed by atoms with van der Waals surface area (Å²) in [6.07, 6.45) is 2.27. The van der Waals surface area contributed by atoms with Crippen molar-refractivity contribution in [2.24, 2.45) is 0 Å². The molecule has 2 N–H and O–H groups in total. The number of carbonyl (C=O) groups is 1. The van der Waals surface area contributed by atoms with E-state index < -0.39 is 0 Å². The highest BCUT2D eigenvalue weighted by Gasteiger charge is 2.30. The number of aromatic nitrogens is 2. The molecule has 0 aromatic carbocycles. The molecule has 0 bridgehead atoms. The van der Waals surface area contributed by atoms with Crippen LogP contribution in [0.4, 0.5) is 0 Å². The molecule has 7 heteroatoms. The Bertz CT molecular complexity index is 603. The Balaban J connectivity index is 1.51. The Kier molecular flexibility index (Phi) is 5.76. The molecule has 140 valence electrons. The molecule has 1 atom stereocenters. The predicted molar refractivity (Wildman–Crippen MR) is 96.3 cm³/mol. The molecule has 1 saturated heterocycles. The van der Waals surface area contributed by atoms with Crippen LogP contribution in [-0.2, 0) is 17.9 Å². The van der Waals surface area contributed by atoms with Gasteiger partial charge in [0.05, 0.1) is 24.9 Å². The molecular formula is C18H31N5O2. The first kappa shape index (κ1) is 18.4. The van der Waals surface area contributed by atoms with Crippen molar-refractivity contribution in [2.75, 3.05) is 32.8 Å². The summed E-state index contributed by atoms with van der Waals surface area (Å²) in [6, 6.07) is 0.385. The van der Waals surface area contributed by atoms with Gasteiger partial charge in [-0.25, -0.2) is 0 Å². The summed E-state index contributed by atoms with van der Waals surface area (Å²) in [6.45, 7) is 11.4. The minimum absolute atomic E-state index is 0.0430. The molecule has 2 heterocycles. The van der Waals surface area contributed by atoms with Crippen LogP contribution in [-0.4, -0.2) is 75.5 Å². The minimum Gasteiger partial charge on any atom is -0.394 e. The third-order valence-electron chi connectivity index (χ3n) is 5.48. The second kappa shape index (κ2) is 7.85. The average Bonchev–Trinajstić information content (AvgIpc) is 3.38. The number of nitrogens with one attached hydrogen (secondary N) is 1. The van der Waals surface area contributed by atoms with Crippen LogP contribution in [0.1, 0.15) is 36.7 Å². The van der Waals surface area contributed by atoms with Crippen molar-refractivity contribution < 1.29 is 9.90 Å². The smallest absolute Gasteiger partial charge is 0.237 e. The molecule has 1 unspecified atom stereocenters. The van der Waals surface area contributed by atoms with Gasteiger partial charge in [-0.3, -0.25) is 19.3 Å². The van der Waals surface area contributed by atoms with Gasteiger partial charge in [0.1, 0.15) is 0 Å². The number of aryl methyl sites for hydroxylation is 1. The van der Waals surface area contributed by atoms with Crippen LogP contribution >= 0.6 is 0 Å². The number of amides is 1. The van der Waals surface area contributed by atoms with Gasteiger partial charge >= 0.3 is 0 Å². The lowest BCUT2D eigenvalue weighted by atomic mass is 10.1. The van der Waals surface area contributed by atoms with Gasteiger partial charge in [0.2, 0.25) is 5.91 Å². The Morgan fingerprint density at radius 3 is 2.56 bits per heavy atom. The van der Waals surface area contributed by atoms with Gasteiger partial charge in [-0.2, -0.15) is 5.10 Å². The first-order valence-electron chi connectivity index (χ1n) is 9.40. The molecule has 0 spiro atoms. The molecule has 7 nitrogen and oxygen atoms in total.